The Balaban J connectivity index is 2.28. The molecule has 0 radical (unpaired) electrons. The quantitative estimate of drug-likeness (QED) is 0.885. The molecule has 0 fully saturated rings. The van der Waals surface area contributed by atoms with E-state index in [9.17, 15) is 0 Å². The zero-order valence-electron chi connectivity index (χ0n) is 7.48. The van der Waals surface area contributed by atoms with Crippen molar-refractivity contribution in [3.05, 3.63) is 56.7 Å². The number of nitrogens with two attached hydrogens (primary N) is 1. The molecule has 0 saturated heterocycles. The fourth-order valence-electron chi connectivity index (χ4n) is 1.30. The van der Waals surface area contributed by atoms with E-state index in [1.807, 2.05) is 23.6 Å². The average molecular weight is 268 g/mol. The van der Waals surface area contributed by atoms with E-state index in [4.69, 9.17) is 5.73 Å². The Kier molecular flexibility index (Phi) is 3.01. The van der Waals surface area contributed by atoms with Gasteiger partial charge in [-0.25, -0.2) is 0 Å². The minimum Gasteiger partial charge on any atom is -0.320 e. The van der Waals surface area contributed by atoms with Crippen LogP contribution in [0.15, 0.2) is 46.3 Å². The van der Waals surface area contributed by atoms with Crippen molar-refractivity contribution in [3.8, 4) is 0 Å². The summed E-state index contributed by atoms with van der Waals surface area (Å²) in [5.74, 6) is 0. The van der Waals surface area contributed by atoms with Crippen molar-refractivity contribution in [1.82, 2.24) is 0 Å². The first-order chi connectivity index (χ1) is 6.77. The second kappa shape index (κ2) is 4.26. The highest BCUT2D eigenvalue weighted by Crippen LogP contribution is 2.24. The molecule has 1 heterocycles. The summed E-state index contributed by atoms with van der Waals surface area (Å²) in [7, 11) is 0. The first-order valence-corrected chi connectivity index (χ1v) is 5.99. The lowest BCUT2D eigenvalue weighted by molar-refractivity contribution is 0.893. The van der Waals surface area contributed by atoms with Crippen LogP contribution in [-0.2, 0) is 0 Å². The van der Waals surface area contributed by atoms with Crippen molar-refractivity contribution in [2.45, 2.75) is 6.04 Å². The zero-order valence-corrected chi connectivity index (χ0v) is 9.88. The summed E-state index contributed by atoms with van der Waals surface area (Å²) in [6, 6.07) is 12.2. The molecule has 0 aliphatic rings. The lowest BCUT2D eigenvalue weighted by Crippen LogP contribution is -2.09. The summed E-state index contributed by atoms with van der Waals surface area (Å²) in [6.45, 7) is 0. The van der Waals surface area contributed by atoms with E-state index in [1.54, 1.807) is 11.3 Å². The summed E-state index contributed by atoms with van der Waals surface area (Å²) in [4.78, 5) is 1.20. The molecule has 1 aromatic heterocycles. The van der Waals surface area contributed by atoms with E-state index in [0.717, 1.165) is 10.0 Å². The fourth-order valence-corrected chi connectivity index (χ4v) is 2.32. The van der Waals surface area contributed by atoms with E-state index >= 15 is 0 Å². The van der Waals surface area contributed by atoms with Gasteiger partial charge in [0.25, 0.3) is 0 Å². The predicted octanol–water partition coefficient (Wildman–Crippen LogP) is 3.56. The normalized spacial score (nSPS) is 12.7. The van der Waals surface area contributed by atoms with Gasteiger partial charge in [0.1, 0.15) is 0 Å². The summed E-state index contributed by atoms with van der Waals surface area (Å²) >= 11 is 5.10. The average Bonchev–Trinajstić information content (AvgIpc) is 2.71. The molecule has 0 spiro atoms. The second-order valence-corrected chi connectivity index (χ2v) is 4.94. The van der Waals surface area contributed by atoms with Gasteiger partial charge in [-0.15, -0.1) is 11.3 Å². The Morgan fingerprint density at radius 2 is 1.86 bits per heavy atom. The molecule has 0 bridgehead atoms. The molecule has 1 nitrogen and oxygen atoms in total. The number of hydrogen-bond acceptors (Lipinski definition) is 2. The van der Waals surface area contributed by atoms with Gasteiger partial charge in [-0.05, 0) is 29.1 Å². The summed E-state index contributed by atoms with van der Waals surface area (Å²) in [5, 5.41) is 2.05. The van der Waals surface area contributed by atoms with Crippen molar-refractivity contribution in [1.29, 1.82) is 0 Å². The molecule has 2 N–H and O–H groups in total. The van der Waals surface area contributed by atoms with Gasteiger partial charge in [0, 0.05) is 9.35 Å². The van der Waals surface area contributed by atoms with Crippen molar-refractivity contribution < 1.29 is 0 Å². The molecular formula is C11H10BrNS. The third kappa shape index (κ3) is 2.05. The van der Waals surface area contributed by atoms with Crippen LogP contribution in [0, 0.1) is 0 Å². The molecule has 72 valence electrons. The van der Waals surface area contributed by atoms with Gasteiger partial charge in [-0.1, -0.05) is 34.1 Å². The Morgan fingerprint density at radius 3 is 2.43 bits per heavy atom. The van der Waals surface area contributed by atoms with Crippen LogP contribution in [0.2, 0.25) is 0 Å². The molecule has 14 heavy (non-hydrogen) atoms. The van der Waals surface area contributed by atoms with Gasteiger partial charge in [0.15, 0.2) is 0 Å². The second-order valence-electron chi connectivity index (χ2n) is 3.04. The van der Waals surface area contributed by atoms with Crippen LogP contribution in [0.4, 0.5) is 0 Å². The summed E-state index contributed by atoms with van der Waals surface area (Å²) in [6.07, 6.45) is 0. The van der Waals surface area contributed by atoms with E-state index < -0.39 is 0 Å². The van der Waals surface area contributed by atoms with E-state index in [0.29, 0.717) is 0 Å². The molecule has 2 aromatic rings. The van der Waals surface area contributed by atoms with E-state index in [1.165, 1.54) is 4.88 Å². The van der Waals surface area contributed by atoms with Crippen LogP contribution >= 0.6 is 27.3 Å². The molecule has 1 atom stereocenters. The van der Waals surface area contributed by atoms with Crippen molar-refractivity contribution in [3.63, 3.8) is 0 Å². The largest absolute Gasteiger partial charge is 0.320 e. The highest BCUT2D eigenvalue weighted by molar-refractivity contribution is 9.10. The topological polar surface area (TPSA) is 26.0 Å². The summed E-state index contributed by atoms with van der Waals surface area (Å²) < 4.78 is 1.08. The van der Waals surface area contributed by atoms with E-state index in [-0.39, 0.29) is 6.04 Å². The SMILES string of the molecule is N[C@H](c1ccc(Br)cc1)c1cccs1. The minimum atomic E-state index is 0.00287. The first kappa shape index (κ1) is 9.90. The molecule has 0 aliphatic heterocycles. The minimum absolute atomic E-state index is 0.00287. The third-order valence-corrected chi connectivity index (χ3v) is 3.56. The molecular weight excluding hydrogens is 258 g/mol. The van der Waals surface area contributed by atoms with Crippen LogP contribution in [0.3, 0.4) is 0 Å². The number of hydrogen-bond donors (Lipinski definition) is 1. The van der Waals surface area contributed by atoms with Gasteiger partial charge in [-0.3, -0.25) is 0 Å². The van der Waals surface area contributed by atoms with Crippen LogP contribution in [0.1, 0.15) is 16.5 Å². The highest BCUT2D eigenvalue weighted by atomic mass is 79.9. The number of thiophene rings is 1. The Labute approximate surface area is 95.7 Å². The number of benzene rings is 1. The molecule has 3 heteroatoms. The van der Waals surface area contributed by atoms with Gasteiger partial charge < -0.3 is 5.73 Å². The first-order valence-electron chi connectivity index (χ1n) is 4.32. The van der Waals surface area contributed by atoms with Crippen molar-refractivity contribution in [2.24, 2.45) is 5.73 Å². The van der Waals surface area contributed by atoms with Crippen LogP contribution in [0.25, 0.3) is 0 Å². The Hall–Kier alpha value is -0.640. The maximum Gasteiger partial charge on any atom is 0.0646 e. The maximum atomic E-state index is 6.11. The van der Waals surface area contributed by atoms with Crippen molar-refractivity contribution in [2.75, 3.05) is 0 Å². The monoisotopic (exact) mass is 267 g/mol. The molecule has 0 saturated carbocycles. The Bertz CT molecular complexity index is 394. The molecule has 0 aliphatic carbocycles. The molecule has 0 unspecified atom stereocenters. The number of rotatable bonds is 2. The van der Waals surface area contributed by atoms with E-state index in [2.05, 4.69) is 34.1 Å². The van der Waals surface area contributed by atoms with Crippen LogP contribution < -0.4 is 5.73 Å². The summed E-state index contributed by atoms with van der Waals surface area (Å²) in [5.41, 5.74) is 7.25. The molecule has 0 amide bonds. The smallest absolute Gasteiger partial charge is 0.0646 e. The van der Waals surface area contributed by atoms with Gasteiger partial charge in [0.2, 0.25) is 0 Å². The number of halogens is 1. The van der Waals surface area contributed by atoms with Gasteiger partial charge >= 0.3 is 0 Å². The van der Waals surface area contributed by atoms with Gasteiger partial charge in [-0.2, -0.15) is 0 Å². The lowest BCUT2D eigenvalue weighted by Gasteiger charge is -2.09. The van der Waals surface area contributed by atoms with Crippen LogP contribution in [0.5, 0.6) is 0 Å². The standard InChI is InChI=1S/C11H10BrNS/c12-9-5-3-8(4-6-9)11(13)10-2-1-7-14-10/h1-7,11H,13H2/t11-/m1/s1. The highest BCUT2D eigenvalue weighted by Gasteiger charge is 2.08. The fraction of sp³-hybridized carbons (Fsp3) is 0.0909. The van der Waals surface area contributed by atoms with Crippen molar-refractivity contribution >= 4 is 27.3 Å². The zero-order chi connectivity index (χ0) is 9.97. The predicted molar refractivity (Wildman–Crippen MR) is 64.5 cm³/mol. The maximum absolute atomic E-state index is 6.11. The molecule has 2 rings (SSSR count). The van der Waals surface area contributed by atoms with Crippen LogP contribution in [-0.4, -0.2) is 0 Å². The van der Waals surface area contributed by atoms with Gasteiger partial charge in [0.05, 0.1) is 6.04 Å². The lowest BCUT2D eigenvalue weighted by atomic mass is 10.1. The Morgan fingerprint density at radius 1 is 1.14 bits per heavy atom. The third-order valence-electron chi connectivity index (χ3n) is 2.08. The molecule has 1 aromatic carbocycles.